The Morgan fingerprint density at radius 2 is 0.536 bits per heavy atom. The molecule has 20 heteroatoms. The molecule has 0 fully saturated rings. The van der Waals surface area contributed by atoms with Gasteiger partial charge in [0.2, 0.25) is 0 Å². The number of hydrogen-bond acceptors (Lipinski definition) is 1. The third-order valence-electron chi connectivity index (χ3n) is 2.92. The van der Waals surface area contributed by atoms with Crippen LogP contribution >= 0.6 is 430 Å². The van der Waals surface area contributed by atoms with E-state index in [9.17, 15) is 0 Å². The molecular formula is C8I19N. The van der Waals surface area contributed by atoms with Crippen LogP contribution in [-0.4, -0.2) is 10.9 Å². The van der Waals surface area contributed by atoms with Crippen LogP contribution in [0.2, 0.25) is 0 Å². The van der Waals surface area contributed by atoms with E-state index in [-0.39, 0.29) is 9.56 Å². The zero-order chi connectivity index (χ0) is 23.6. The fourth-order valence-corrected chi connectivity index (χ4v) is 27.8. The van der Waals surface area contributed by atoms with Gasteiger partial charge in [-0.1, -0.05) is 339 Å². The lowest BCUT2D eigenvalue weighted by molar-refractivity contribution is 0.629. The van der Waals surface area contributed by atoms with Crippen molar-refractivity contribution in [2.45, 2.75) is 9.56 Å². The zero-order valence-corrected chi connectivity index (χ0v) is 52.6. The number of nitrogens with zero attached hydrogens (tertiary/aromatic N) is 1. The SMILES string of the molecule is IN(I)C(I)(I)C(I)(I)C(I)(I)C(I)(I)C(I)(I)C(I)(I)C(I)(I)C(I)(I)I. The fraction of sp³-hybridized carbons (Fsp3) is 1.00. The highest BCUT2D eigenvalue weighted by atomic mass is 127. The molecular weight excluding hydrogens is 2520 g/mol. The van der Waals surface area contributed by atoms with Crippen LogP contribution in [0.1, 0.15) is 0 Å². The predicted molar refractivity (Wildman–Crippen MR) is 290 cm³/mol. The average molecular weight is 2520 g/mol. The molecule has 0 rings (SSSR count). The van der Waals surface area contributed by atoms with Crippen LogP contribution in [0, 0.1) is 0 Å². The third-order valence-corrected chi connectivity index (χ3v) is 63.4. The molecule has 0 aliphatic rings. The molecule has 0 radical (unpaired) electrons. The summed E-state index contributed by atoms with van der Waals surface area (Å²) in [6.45, 7) is 0. The van der Waals surface area contributed by atoms with Gasteiger partial charge in [-0.3, -0.25) is 0 Å². The van der Waals surface area contributed by atoms with E-state index in [0.717, 1.165) is 0 Å². The molecule has 0 unspecified atom stereocenters. The Balaban J connectivity index is 6.72. The van der Waals surface area contributed by atoms with E-state index in [1.54, 1.807) is 0 Å². The molecule has 0 aliphatic heterocycles. The van der Waals surface area contributed by atoms with Crippen molar-refractivity contribution in [1.29, 1.82) is 0 Å². The molecule has 0 saturated heterocycles. The summed E-state index contributed by atoms with van der Waals surface area (Å²) in [6.07, 6.45) is 0. The lowest BCUT2D eigenvalue weighted by Gasteiger charge is -2.58. The summed E-state index contributed by atoms with van der Waals surface area (Å²) in [5.74, 6) is 0. The summed E-state index contributed by atoms with van der Waals surface area (Å²) >= 11 is 50.3. The maximum Gasteiger partial charge on any atom is 0.168 e. The molecule has 0 aliphatic carbocycles. The first-order valence-electron chi connectivity index (χ1n) is 5.52. The molecule has 0 saturated carbocycles. The summed E-state index contributed by atoms with van der Waals surface area (Å²) in [7, 11) is 0. The normalized spacial score (nSPS) is 16.7. The molecule has 0 aromatic rings. The lowest BCUT2D eigenvalue weighted by Crippen LogP contribution is -2.68. The Bertz CT molecular complexity index is 569. The van der Waals surface area contributed by atoms with Gasteiger partial charge >= 0.3 is 0 Å². The number of hydrogen-bond donors (Lipinski definition) is 0. The topological polar surface area (TPSA) is 3.24 Å². The van der Waals surface area contributed by atoms with E-state index in [1.807, 2.05) is 0 Å². The van der Waals surface area contributed by atoms with Gasteiger partial charge in [0.1, 0.15) is 8.01 Å². The molecule has 0 spiro atoms. The first-order chi connectivity index (χ1) is 11.7. The smallest absolute Gasteiger partial charge is 0.160 e. The van der Waals surface area contributed by atoms with Crippen molar-refractivity contribution in [3.05, 3.63) is 0 Å². The first kappa shape index (κ1) is 41.8. The Morgan fingerprint density at radius 1 is 0.321 bits per heavy atom. The maximum atomic E-state index is 2.74. The Hall–Kier alpha value is 13.8. The van der Waals surface area contributed by atoms with Gasteiger partial charge in [-0.05, 0) is 45.2 Å². The monoisotopic (exact) mass is 2520 g/mol. The van der Waals surface area contributed by atoms with Gasteiger partial charge < -0.3 is 0 Å². The van der Waals surface area contributed by atoms with E-state index >= 15 is 0 Å². The van der Waals surface area contributed by atoms with E-state index in [4.69, 9.17) is 0 Å². The second kappa shape index (κ2) is 15.4. The quantitative estimate of drug-likeness (QED) is 0.101. The highest BCUT2D eigenvalue weighted by molar-refractivity contribution is 14.3. The van der Waals surface area contributed by atoms with Crippen molar-refractivity contribution in [2.24, 2.45) is 0 Å². The minimum Gasteiger partial charge on any atom is -0.160 e. The minimum atomic E-state index is -0.0808. The molecule has 28 heavy (non-hydrogen) atoms. The van der Waals surface area contributed by atoms with Gasteiger partial charge in [0.15, 0.2) is 1.55 Å². The van der Waals surface area contributed by atoms with Crippen LogP contribution in [0.15, 0.2) is 0 Å². The highest BCUT2D eigenvalue weighted by Crippen LogP contribution is 2.79. The van der Waals surface area contributed by atoms with Gasteiger partial charge in [0.05, 0.1) is 0 Å². The molecule has 0 N–H and O–H groups in total. The Morgan fingerprint density at radius 3 is 0.750 bits per heavy atom. The maximum absolute atomic E-state index is 2.74. The molecule has 0 aromatic carbocycles. The van der Waals surface area contributed by atoms with Gasteiger partial charge in [-0.15, -0.1) is 0 Å². The third kappa shape index (κ3) is 8.75. The first-order valence-corrected chi connectivity index (χ1v) is 25.8. The van der Waals surface area contributed by atoms with Crippen LogP contribution < -0.4 is 0 Å². The van der Waals surface area contributed by atoms with Crippen molar-refractivity contribution in [3.63, 3.8) is 0 Å². The average Bonchev–Trinajstić information content (AvgIpc) is 2.44. The number of halogens is 19. The Labute approximate surface area is 426 Å². The van der Waals surface area contributed by atoms with Crippen molar-refractivity contribution in [3.8, 4) is 0 Å². The fourth-order valence-electron chi connectivity index (χ4n) is 1.26. The Kier molecular flexibility index (Phi) is 23.0. The molecule has 170 valence electrons. The largest absolute Gasteiger partial charge is 0.168 e. The van der Waals surface area contributed by atoms with Crippen LogP contribution in [0.4, 0.5) is 0 Å². The van der Waals surface area contributed by atoms with Crippen LogP contribution in [0.5, 0.6) is 0 Å². The van der Waals surface area contributed by atoms with E-state index in [1.165, 1.54) is 0 Å². The molecule has 0 bridgehead atoms. The van der Waals surface area contributed by atoms with Gasteiger partial charge in [0, 0.05) is 45.7 Å². The van der Waals surface area contributed by atoms with Crippen molar-refractivity contribution in [2.75, 3.05) is 0 Å². The van der Waals surface area contributed by atoms with E-state index in [2.05, 4.69) is 431 Å². The summed E-state index contributed by atoms with van der Waals surface area (Å²) in [5, 5.41) is 0. The predicted octanol–water partition coefficient (Wildman–Crippen LogP) is 14.9. The van der Waals surface area contributed by atoms with Gasteiger partial charge in [-0.25, -0.2) is 0 Å². The number of alkyl halides is 17. The molecule has 0 aromatic heterocycles. The summed E-state index contributed by atoms with van der Waals surface area (Å²) in [6, 6.07) is 0. The summed E-state index contributed by atoms with van der Waals surface area (Å²) < 4.78 is 1.94. The summed E-state index contributed by atoms with van der Waals surface area (Å²) in [4.78, 5) is 0. The minimum absolute atomic E-state index is 0.00909. The molecule has 0 atom stereocenters. The van der Waals surface area contributed by atoms with Crippen molar-refractivity contribution in [1.82, 2.24) is 1.33 Å². The van der Waals surface area contributed by atoms with E-state index in [0.29, 0.717) is 0 Å². The second-order valence-corrected chi connectivity index (χ2v) is 56.5. The highest BCUT2D eigenvalue weighted by Gasteiger charge is 2.77. The van der Waals surface area contributed by atoms with Crippen LogP contribution in [-0.2, 0) is 0 Å². The standard InChI is InChI=1S/C8I19N/c9-1(10,3(13,14)5(17,18)7(21,22)23)2(11,12)4(15,16)6(19,20)8(24,25)28(26)27. The van der Waals surface area contributed by atoms with Crippen LogP contribution in [0.3, 0.4) is 0 Å². The second-order valence-electron chi connectivity index (χ2n) is 4.72. The lowest BCUT2D eigenvalue weighted by atomic mass is 10.1. The van der Waals surface area contributed by atoms with Crippen LogP contribution in [0.25, 0.3) is 0 Å². The molecule has 0 amide bonds. The summed E-state index contributed by atoms with van der Waals surface area (Å²) in [5.41, 5.74) is 0. The zero-order valence-electron chi connectivity index (χ0n) is 11.6. The number of rotatable bonds is 8. The van der Waals surface area contributed by atoms with E-state index < -0.39 is 0 Å². The van der Waals surface area contributed by atoms with Crippen molar-refractivity contribution >= 4 is 430 Å². The molecule has 0 heterocycles. The van der Waals surface area contributed by atoms with Crippen molar-refractivity contribution < 1.29 is 0 Å². The van der Waals surface area contributed by atoms with Gasteiger partial charge in [-0.2, -0.15) is 1.33 Å². The molecule has 1 nitrogen and oxygen atoms in total. The van der Waals surface area contributed by atoms with Gasteiger partial charge in [0.25, 0.3) is 0 Å².